The van der Waals surface area contributed by atoms with Crippen molar-refractivity contribution in [3.05, 3.63) is 0 Å². The predicted molar refractivity (Wildman–Crippen MR) is 160 cm³/mol. The van der Waals surface area contributed by atoms with Gasteiger partial charge in [0, 0.05) is 6.54 Å². The van der Waals surface area contributed by atoms with Gasteiger partial charge >= 0.3 is 17.9 Å². The fourth-order valence-electron chi connectivity index (χ4n) is 4.76. The van der Waals surface area contributed by atoms with Gasteiger partial charge in [-0.2, -0.15) is 8.42 Å². The summed E-state index contributed by atoms with van der Waals surface area (Å²) in [6, 6.07) is 0. The van der Waals surface area contributed by atoms with Crippen LogP contribution in [0.1, 0.15) is 136 Å². The summed E-state index contributed by atoms with van der Waals surface area (Å²) in [5, 5.41) is 9.18. The van der Waals surface area contributed by atoms with E-state index in [1.807, 2.05) is 0 Å². The lowest BCUT2D eigenvalue weighted by Crippen LogP contribution is -2.36. The normalized spacial score (nSPS) is 12.8. The van der Waals surface area contributed by atoms with E-state index < -0.39 is 39.6 Å². The van der Waals surface area contributed by atoms with E-state index in [1.165, 1.54) is 57.8 Å². The van der Waals surface area contributed by atoms with Crippen LogP contribution in [0.25, 0.3) is 0 Å². The Hall–Kier alpha value is -2.21. The van der Waals surface area contributed by atoms with Gasteiger partial charge in [-0.15, -0.1) is 0 Å². The summed E-state index contributed by atoms with van der Waals surface area (Å²) in [7, 11) is -4.81. The molecule has 0 saturated carbocycles. The summed E-state index contributed by atoms with van der Waals surface area (Å²) in [6.07, 6.45) is 18.0. The number of unbranched alkanes of at least 4 members (excludes halogenated alkanes) is 15. The molecule has 42 heavy (non-hydrogen) atoms. The average Bonchev–Trinajstić information content (AvgIpc) is 2.91. The number of carboxylic acid groups (broad SMARTS) is 1. The second-order valence-corrected chi connectivity index (χ2v) is 12.4. The maximum absolute atomic E-state index is 12.1. The number of carboxylic acids is 1. The van der Waals surface area contributed by atoms with Gasteiger partial charge in [0.15, 0.2) is 5.25 Å². The Balaban J connectivity index is 3.59. The number of hydrogen-bond donors (Lipinski definition) is 3. The minimum atomic E-state index is -4.81. The second kappa shape index (κ2) is 25.3. The summed E-state index contributed by atoms with van der Waals surface area (Å²) in [4.78, 5) is 46.4. The molecule has 0 saturated heterocycles. The van der Waals surface area contributed by atoms with Crippen LogP contribution in [0.3, 0.4) is 0 Å². The minimum absolute atomic E-state index is 0.0957. The van der Waals surface area contributed by atoms with E-state index in [0.29, 0.717) is 26.2 Å². The van der Waals surface area contributed by atoms with Crippen LogP contribution in [0.4, 0.5) is 0 Å². The molecule has 0 heterocycles. The molecule has 2 unspecified atom stereocenters. The van der Waals surface area contributed by atoms with E-state index in [4.69, 9.17) is 19.1 Å². The highest BCUT2D eigenvalue weighted by atomic mass is 32.2. The third-order valence-electron chi connectivity index (χ3n) is 7.15. The standard InChI is InChI=1S/C30H55NO10S/c1-3-40-28(33)23-25(30(36)41-4-2)21-19-17-15-13-11-9-7-5-6-8-10-12-14-16-18-20-22-31-27(32)24-26(29(34)35)42(37,38)39/h25-26H,3-24H2,1-2H3,(H,31,32)(H,34,35)(H,37,38,39). The number of carbonyl (C=O) groups is 4. The summed E-state index contributed by atoms with van der Waals surface area (Å²) in [6.45, 7) is 4.51. The molecule has 0 radical (unpaired) electrons. The number of carbonyl (C=O) groups excluding carboxylic acids is 3. The van der Waals surface area contributed by atoms with E-state index in [9.17, 15) is 27.6 Å². The van der Waals surface area contributed by atoms with Gasteiger partial charge in [0.25, 0.3) is 10.1 Å². The molecule has 0 aliphatic heterocycles. The Morgan fingerprint density at radius 1 is 0.667 bits per heavy atom. The van der Waals surface area contributed by atoms with Crippen molar-refractivity contribution in [2.24, 2.45) is 5.92 Å². The summed E-state index contributed by atoms with van der Waals surface area (Å²) in [5.41, 5.74) is 0. The summed E-state index contributed by atoms with van der Waals surface area (Å²) < 4.78 is 41.0. The van der Waals surface area contributed by atoms with Crippen molar-refractivity contribution < 1.29 is 46.7 Å². The Kier molecular flexibility index (Phi) is 24.0. The first-order chi connectivity index (χ1) is 20.0. The molecule has 246 valence electrons. The molecule has 0 fully saturated rings. The smallest absolute Gasteiger partial charge is 0.324 e. The molecule has 2 atom stereocenters. The van der Waals surface area contributed by atoms with Crippen LogP contribution in [-0.2, 0) is 38.8 Å². The molecule has 1 amide bonds. The number of aliphatic carboxylic acids is 1. The number of esters is 2. The zero-order chi connectivity index (χ0) is 31.6. The Labute approximate surface area is 252 Å². The van der Waals surface area contributed by atoms with Crippen molar-refractivity contribution in [1.29, 1.82) is 0 Å². The summed E-state index contributed by atoms with van der Waals surface area (Å²) in [5.74, 6) is -3.50. The monoisotopic (exact) mass is 621 g/mol. The van der Waals surface area contributed by atoms with Crippen molar-refractivity contribution in [3.8, 4) is 0 Å². The van der Waals surface area contributed by atoms with Crippen LogP contribution in [0.5, 0.6) is 0 Å². The number of rotatable bonds is 28. The lowest BCUT2D eigenvalue weighted by molar-refractivity contribution is -0.155. The number of hydrogen-bond acceptors (Lipinski definition) is 8. The van der Waals surface area contributed by atoms with Crippen LogP contribution in [-0.4, -0.2) is 66.9 Å². The Bertz CT molecular complexity index is 862. The molecule has 0 aliphatic rings. The molecule has 0 spiro atoms. The van der Waals surface area contributed by atoms with Crippen LogP contribution < -0.4 is 5.32 Å². The minimum Gasteiger partial charge on any atom is -0.480 e. The highest BCUT2D eigenvalue weighted by Gasteiger charge is 2.33. The van der Waals surface area contributed by atoms with Crippen molar-refractivity contribution in [3.63, 3.8) is 0 Å². The van der Waals surface area contributed by atoms with E-state index in [-0.39, 0.29) is 18.4 Å². The zero-order valence-electron chi connectivity index (χ0n) is 25.8. The first-order valence-electron chi connectivity index (χ1n) is 15.8. The fraction of sp³-hybridized carbons (Fsp3) is 0.867. The number of amides is 1. The van der Waals surface area contributed by atoms with Gasteiger partial charge in [-0.05, 0) is 26.7 Å². The lowest BCUT2D eigenvalue weighted by atomic mass is 9.97. The van der Waals surface area contributed by atoms with Crippen molar-refractivity contribution in [2.75, 3.05) is 19.8 Å². The second-order valence-electron chi connectivity index (χ2n) is 10.8. The third-order valence-corrected chi connectivity index (χ3v) is 8.23. The quantitative estimate of drug-likeness (QED) is 0.0567. The van der Waals surface area contributed by atoms with Gasteiger partial charge in [-0.1, -0.05) is 96.3 Å². The molecule has 3 N–H and O–H groups in total. The van der Waals surface area contributed by atoms with Crippen LogP contribution >= 0.6 is 0 Å². The average molecular weight is 622 g/mol. The molecule has 0 aromatic heterocycles. The molecule has 12 heteroatoms. The fourth-order valence-corrected chi connectivity index (χ4v) is 5.38. The molecule has 11 nitrogen and oxygen atoms in total. The van der Waals surface area contributed by atoms with Gasteiger partial charge < -0.3 is 19.9 Å². The van der Waals surface area contributed by atoms with E-state index in [0.717, 1.165) is 44.9 Å². The van der Waals surface area contributed by atoms with Crippen LogP contribution in [0, 0.1) is 5.92 Å². The number of nitrogens with one attached hydrogen (secondary N) is 1. The van der Waals surface area contributed by atoms with Gasteiger partial charge in [-0.3, -0.25) is 23.7 Å². The topological polar surface area (TPSA) is 173 Å². The van der Waals surface area contributed by atoms with Gasteiger partial charge in [0.2, 0.25) is 5.91 Å². The van der Waals surface area contributed by atoms with Gasteiger partial charge in [0.05, 0.1) is 32.0 Å². The lowest BCUT2D eigenvalue weighted by Gasteiger charge is -2.14. The van der Waals surface area contributed by atoms with Crippen molar-refractivity contribution in [1.82, 2.24) is 5.32 Å². The third kappa shape index (κ3) is 22.4. The van der Waals surface area contributed by atoms with E-state index in [1.54, 1.807) is 13.8 Å². The van der Waals surface area contributed by atoms with Crippen LogP contribution in [0.2, 0.25) is 0 Å². The van der Waals surface area contributed by atoms with Gasteiger partial charge in [-0.25, -0.2) is 0 Å². The zero-order valence-corrected chi connectivity index (χ0v) is 26.6. The Morgan fingerprint density at radius 3 is 1.50 bits per heavy atom. The van der Waals surface area contributed by atoms with E-state index >= 15 is 0 Å². The van der Waals surface area contributed by atoms with Gasteiger partial charge in [0.1, 0.15) is 0 Å². The Morgan fingerprint density at radius 2 is 1.10 bits per heavy atom. The largest absolute Gasteiger partial charge is 0.480 e. The first kappa shape index (κ1) is 39.8. The highest BCUT2D eigenvalue weighted by molar-refractivity contribution is 7.87. The molecular formula is C30H55NO10S. The predicted octanol–water partition coefficient (Wildman–Crippen LogP) is 5.60. The molecular weight excluding hydrogens is 566 g/mol. The molecule has 0 rings (SSSR count). The highest BCUT2D eigenvalue weighted by Crippen LogP contribution is 2.19. The molecule has 0 aromatic carbocycles. The van der Waals surface area contributed by atoms with Crippen molar-refractivity contribution >= 4 is 33.9 Å². The number of ether oxygens (including phenoxy) is 2. The molecule has 0 aliphatic carbocycles. The van der Waals surface area contributed by atoms with Crippen molar-refractivity contribution in [2.45, 2.75) is 141 Å². The molecule has 0 bridgehead atoms. The van der Waals surface area contributed by atoms with Crippen LogP contribution in [0.15, 0.2) is 0 Å². The maximum Gasteiger partial charge on any atom is 0.324 e. The molecule has 0 aromatic rings. The maximum atomic E-state index is 12.1. The SMILES string of the molecule is CCOC(=O)CC(CCCCCCCCCCCCCCCCCCNC(=O)CC(C(=O)O)S(=O)(=O)O)C(=O)OCC. The first-order valence-corrected chi connectivity index (χ1v) is 17.3. The summed E-state index contributed by atoms with van der Waals surface area (Å²) >= 11 is 0. The van der Waals surface area contributed by atoms with E-state index in [2.05, 4.69) is 5.32 Å².